The van der Waals surface area contributed by atoms with Crippen LogP contribution in [0.2, 0.25) is 0 Å². The van der Waals surface area contributed by atoms with Crippen molar-refractivity contribution >= 4 is 32.9 Å². The number of hydrogen-bond acceptors (Lipinski definition) is 1. The molecule has 3 rings (SSSR count). The first-order valence-electron chi connectivity index (χ1n) is 7.76. The van der Waals surface area contributed by atoms with Crippen molar-refractivity contribution in [1.82, 2.24) is 9.88 Å². The highest BCUT2D eigenvalue weighted by Gasteiger charge is 2.24. The molecule has 22 heavy (non-hydrogen) atoms. The normalized spacial score (nSPS) is 16.6. The lowest BCUT2D eigenvalue weighted by Gasteiger charge is -2.30. The molecule has 2 heterocycles. The minimum Gasteiger partial charge on any atom is -0.465 e. The van der Waals surface area contributed by atoms with Gasteiger partial charge in [0.2, 0.25) is 0 Å². The zero-order valence-corrected chi connectivity index (χ0v) is 14.5. The zero-order valence-electron chi connectivity index (χ0n) is 12.9. The highest BCUT2D eigenvalue weighted by atomic mass is 79.9. The molecule has 0 aliphatic carbocycles. The highest BCUT2D eigenvalue weighted by molar-refractivity contribution is 9.10. The molecule has 1 aliphatic heterocycles. The SMILES string of the molecule is CC(C)c1c(Br)[nH]c2ccc(C3CCN(C(=O)O)CC3)cc12. The smallest absolute Gasteiger partial charge is 0.407 e. The Morgan fingerprint density at radius 1 is 1.36 bits per heavy atom. The number of rotatable bonds is 2. The number of amides is 1. The third kappa shape index (κ3) is 2.74. The monoisotopic (exact) mass is 364 g/mol. The second-order valence-corrected chi connectivity index (χ2v) is 7.15. The summed E-state index contributed by atoms with van der Waals surface area (Å²) in [7, 11) is 0. The minimum absolute atomic E-state index is 0.451. The van der Waals surface area contributed by atoms with Crippen LogP contribution < -0.4 is 0 Å². The molecule has 118 valence electrons. The molecular weight excluding hydrogens is 344 g/mol. The molecule has 0 saturated carbocycles. The van der Waals surface area contributed by atoms with E-state index in [1.165, 1.54) is 21.4 Å². The molecule has 5 heteroatoms. The van der Waals surface area contributed by atoms with Crippen molar-refractivity contribution in [3.63, 3.8) is 0 Å². The Morgan fingerprint density at radius 3 is 2.64 bits per heavy atom. The zero-order chi connectivity index (χ0) is 15.9. The fraction of sp³-hybridized carbons (Fsp3) is 0.471. The molecule has 0 atom stereocenters. The van der Waals surface area contributed by atoms with Crippen molar-refractivity contribution in [2.45, 2.75) is 38.5 Å². The number of halogens is 1. The molecule has 1 aliphatic rings. The second-order valence-electron chi connectivity index (χ2n) is 6.36. The van der Waals surface area contributed by atoms with Gasteiger partial charge >= 0.3 is 6.09 Å². The van der Waals surface area contributed by atoms with Gasteiger partial charge < -0.3 is 15.0 Å². The Labute approximate surface area is 138 Å². The Kier molecular flexibility index (Phi) is 4.17. The van der Waals surface area contributed by atoms with E-state index in [-0.39, 0.29) is 0 Å². The van der Waals surface area contributed by atoms with Gasteiger partial charge in [0, 0.05) is 24.0 Å². The van der Waals surface area contributed by atoms with Gasteiger partial charge in [-0.15, -0.1) is 0 Å². The number of benzene rings is 1. The Bertz CT molecular complexity index is 700. The van der Waals surface area contributed by atoms with Crippen molar-refractivity contribution in [3.8, 4) is 0 Å². The molecule has 4 nitrogen and oxygen atoms in total. The van der Waals surface area contributed by atoms with Gasteiger partial charge in [0.15, 0.2) is 0 Å². The predicted molar refractivity (Wildman–Crippen MR) is 91.7 cm³/mol. The molecule has 1 fully saturated rings. The van der Waals surface area contributed by atoms with Crippen LogP contribution in [0.3, 0.4) is 0 Å². The summed E-state index contributed by atoms with van der Waals surface area (Å²) in [5.41, 5.74) is 3.80. The molecule has 2 aromatic rings. The van der Waals surface area contributed by atoms with Gasteiger partial charge in [-0.25, -0.2) is 4.79 Å². The molecule has 0 radical (unpaired) electrons. The molecule has 1 aromatic heterocycles. The molecule has 2 N–H and O–H groups in total. The van der Waals surface area contributed by atoms with Crippen molar-refractivity contribution in [2.24, 2.45) is 0 Å². The first-order valence-corrected chi connectivity index (χ1v) is 8.55. The average Bonchev–Trinajstić information content (AvgIpc) is 2.82. The number of hydrogen-bond donors (Lipinski definition) is 2. The summed E-state index contributed by atoms with van der Waals surface area (Å²) in [5.74, 6) is 0.904. The summed E-state index contributed by atoms with van der Waals surface area (Å²) < 4.78 is 1.07. The van der Waals surface area contributed by atoms with E-state index in [4.69, 9.17) is 5.11 Å². The van der Waals surface area contributed by atoms with Crippen LogP contribution in [-0.4, -0.2) is 34.2 Å². The van der Waals surface area contributed by atoms with Crippen LogP contribution in [0.25, 0.3) is 10.9 Å². The van der Waals surface area contributed by atoms with Gasteiger partial charge in [0.25, 0.3) is 0 Å². The van der Waals surface area contributed by atoms with Gasteiger partial charge in [-0.3, -0.25) is 0 Å². The molecule has 0 bridgehead atoms. The van der Waals surface area contributed by atoms with E-state index in [0.29, 0.717) is 24.9 Å². The fourth-order valence-corrected chi connectivity index (χ4v) is 4.31. The Morgan fingerprint density at radius 2 is 2.05 bits per heavy atom. The van der Waals surface area contributed by atoms with E-state index >= 15 is 0 Å². The van der Waals surface area contributed by atoms with E-state index in [1.54, 1.807) is 0 Å². The number of piperidine rings is 1. The predicted octanol–water partition coefficient (Wildman–Crippen LogP) is 4.91. The molecule has 1 saturated heterocycles. The van der Waals surface area contributed by atoms with Crippen LogP contribution in [0.5, 0.6) is 0 Å². The maximum absolute atomic E-state index is 11.0. The topological polar surface area (TPSA) is 56.3 Å². The van der Waals surface area contributed by atoms with E-state index < -0.39 is 6.09 Å². The van der Waals surface area contributed by atoms with Gasteiger partial charge in [-0.2, -0.15) is 0 Å². The van der Waals surface area contributed by atoms with Gasteiger partial charge in [0.05, 0.1) is 4.60 Å². The number of aromatic nitrogens is 1. The van der Waals surface area contributed by atoms with E-state index in [0.717, 1.165) is 23.0 Å². The van der Waals surface area contributed by atoms with Crippen LogP contribution in [0.15, 0.2) is 22.8 Å². The van der Waals surface area contributed by atoms with Crippen LogP contribution in [0.4, 0.5) is 4.79 Å². The van der Waals surface area contributed by atoms with Gasteiger partial charge in [-0.05, 0) is 63.9 Å². The third-order valence-corrected chi connectivity index (χ3v) is 5.25. The number of likely N-dealkylation sites (tertiary alicyclic amines) is 1. The van der Waals surface area contributed by atoms with Crippen LogP contribution in [0.1, 0.15) is 49.7 Å². The number of aromatic amines is 1. The summed E-state index contributed by atoms with van der Waals surface area (Å²) in [5, 5.41) is 10.3. The van der Waals surface area contributed by atoms with Crippen molar-refractivity contribution in [2.75, 3.05) is 13.1 Å². The van der Waals surface area contributed by atoms with Crippen molar-refractivity contribution in [3.05, 3.63) is 33.9 Å². The summed E-state index contributed by atoms with van der Waals surface area (Å²) in [6, 6.07) is 6.61. The molecule has 1 aromatic carbocycles. The standard InChI is InChI=1S/C17H21BrN2O2/c1-10(2)15-13-9-12(3-4-14(13)19-16(15)18)11-5-7-20(8-6-11)17(21)22/h3-4,9-11,19H,5-8H2,1-2H3,(H,21,22). The van der Waals surface area contributed by atoms with Crippen molar-refractivity contribution in [1.29, 1.82) is 0 Å². The number of nitrogens with one attached hydrogen (secondary N) is 1. The van der Waals surface area contributed by atoms with Crippen LogP contribution >= 0.6 is 15.9 Å². The Hall–Kier alpha value is -1.49. The Balaban J connectivity index is 1.89. The van der Waals surface area contributed by atoms with Crippen molar-refractivity contribution < 1.29 is 9.90 Å². The van der Waals surface area contributed by atoms with Gasteiger partial charge in [0.1, 0.15) is 0 Å². The van der Waals surface area contributed by atoms with Crippen LogP contribution in [-0.2, 0) is 0 Å². The average molecular weight is 365 g/mol. The quantitative estimate of drug-likeness (QED) is 0.794. The van der Waals surface area contributed by atoms with Gasteiger partial charge in [-0.1, -0.05) is 19.9 Å². The van der Waals surface area contributed by atoms with E-state index in [9.17, 15) is 4.79 Å². The molecule has 0 unspecified atom stereocenters. The lowest BCUT2D eigenvalue weighted by atomic mass is 9.88. The maximum Gasteiger partial charge on any atom is 0.407 e. The lowest BCUT2D eigenvalue weighted by Crippen LogP contribution is -2.36. The summed E-state index contributed by atoms with van der Waals surface area (Å²) >= 11 is 3.63. The summed E-state index contributed by atoms with van der Waals surface area (Å²) in [6.45, 7) is 5.66. The fourth-order valence-electron chi connectivity index (χ4n) is 3.42. The molecular formula is C17H21BrN2O2. The number of H-pyrrole nitrogens is 1. The number of carbonyl (C=O) groups is 1. The molecule has 1 amide bonds. The first-order chi connectivity index (χ1) is 10.5. The van der Waals surface area contributed by atoms with E-state index in [2.05, 4.69) is 53.0 Å². The second kappa shape index (κ2) is 5.95. The maximum atomic E-state index is 11.0. The molecule has 0 spiro atoms. The minimum atomic E-state index is -0.800. The summed E-state index contributed by atoms with van der Waals surface area (Å²) in [6.07, 6.45) is 1.01. The lowest BCUT2D eigenvalue weighted by molar-refractivity contribution is 0.132. The number of fused-ring (bicyclic) bond motifs is 1. The highest BCUT2D eigenvalue weighted by Crippen LogP contribution is 2.36. The number of carboxylic acid groups (broad SMARTS) is 1. The largest absolute Gasteiger partial charge is 0.465 e. The third-order valence-electron chi connectivity index (χ3n) is 4.63. The first kappa shape index (κ1) is 15.4. The van der Waals surface area contributed by atoms with E-state index in [1.807, 2.05) is 0 Å². The number of nitrogens with zero attached hydrogens (tertiary/aromatic N) is 1. The summed E-state index contributed by atoms with van der Waals surface area (Å²) in [4.78, 5) is 15.9. The van der Waals surface area contributed by atoms with Crippen LogP contribution in [0, 0.1) is 0 Å².